The second-order valence-electron chi connectivity index (χ2n) is 3.96. The van der Waals surface area contributed by atoms with E-state index in [2.05, 4.69) is 17.1 Å². The van der Waals surface area contributed by atoms with Gasteiger partial charge in [-0.05, 0) is 23.8 Å². The average molecular weight is 220 g/mol. The summed E-state index contributed by atoms with van der Waals surface area (Å²) in [6.45, 7) is 0. The maximum atomic E-state index is 6.02. The maximum absolute atomic E-state index is 6.02. The van der Waals surface area contributed by atoms with Crippen molar-refractivity contribution in [1.82, 2.24) is 4.98 Å². The molecule has 0 aliphatic rings. The number of para-hydroxylation sites is 1. The van der Waals surface area contributed by atoms with Crippen molar-refractivity contribution >= 4 is 16.6 Å². The van der Waals surface area contributed by atoms with E-state index in [1.165, 1.54) is 0 Å². The predicted octanol–water partition coefficient (Wildman–Crippen LogP) is 3.48. The molecule has 0 fully saturated rings. The van der Waals surface area contributed by atoms with E-state index < -0.39 is 0 Å². The highest BCUT2D eigenvalue weighted by molar-refractivity contribution is 5.97. The Morgan fingerprint density at radius 3 is 2.47 bits per heavy atom. The molecule has 1 aromatic heterocycles. The van der Waals surface area contributed by atoms with Crippen molar-refractivity contribution in [1.29, 1.82) is 0 Å². The van der Waals surface area contributed by atoms with Gasteiger partial charge in [0, 0.05) is 22.8 Å². The number of nitrogens with zero attached hydrogens (tertiary/aromatic N) is 1. The van der Waals surface area contributed by atoms with Crippen LogP contribution >= 0.6 is 0 Å². The molecule has 1 heterocycles. The van der Waals surface area contributed by atoms with Crippen molar-refractivity contribution in [3.8, 4) is 11.1 Å². The molecule has 0 saturated carbocycles. The molecule has 17 heavy (non-hydrogen) atoms. The van der Waals surface area contributed by atoms with Gasteiger partial charge in [0.05, 0.1) is 5.52 Å². The highest BCUT2D eigenvalue weighted by Crippen LogP contribution is 2.31. The molecule has 3 rings (SSSR count). The molecular formula is C15H12N2. The molecule has 0 radical (unpaired) electrons. The maximum Gasteiger partial charge on any atom is 0.0708 e. The first kappa shape index (κ1) is 9.85. The number of fused-ring (bicyclic) bond motifs is 1. The molecule has 0 aliphatic heterocycles. The summed E-state index contributed by atoms with van der Waals surface area (Å²) in [5, 5.41) is 1.13. The topological polar surface area (TPSA) is 38.9 Å². The Morgan fingerprint density at radius 1 is 0.765 bits per heavy atom. The Morgan fingerprint density at radius 2 is 1.59 bits per heavy atom. The van der Waals surface area contributed by atoms with E-state index in [-0.39, 0.29) is 0 Å². The summed E-state index contributed by atoms with van der Waals surface area (Å²) in [5.74, 6) is 0. The molecule has 0 unspecified atom stereocenters. The molecule has 0 amide bonds. The lowest BCUT2D eigenvalue weighted by molar-refractivity contribution is 1.41. The zero-order chi connectivity index (χ0) is 11.7. The minimum absolute atomic E-state index is 0.795. The summed E-state index contributed by atoms with van der Waals surface area (Å²) >= 11 is 0. The zero-order valence-corrected chi connectivity index (χ0v) is 9.30. The SMILES string of the molecule is Nc1ccccc1-c1cccc2ncccc12. The van der Waals surface area contributed by atoms with Crippen molar-refractivity contribution in [2.75, 3.05) is 5.73 Å². The molecule has 2 aromatic carbocycles. The van der Waals surface area contributed by atoms with Crippen LogP contribution in [0.1, 0.15) is 0 Å². The van der Waals surface area contributed by atoms with E-state index in [9.17, 15) is 0 Å². The minimum atomic E-state index is 0.795. The predicted molar refractivity (Wildman–Crippen MR) is 71.6 cm³/mol. The summed E-state index contributed by atoms with van der Waals surface area (Å²) in [4.78, 5) is 4.36. The van der Waals surface area contributed by atoms with Crippen LogP contribution in [0.5, 0.6) is 0 Å². The summed E-state index contributed by atoms with van der Waals surface area (Å²) in [7, 11) is 0. The van der Waals surface area contributed by atoms with Crippen LogP contribution < -0.4 is 5.73 Å². The molecular weight excluding hydrogens is 208 g/mol. The van der Waals surface area contributed by atoms with Crippen LogP contribution in [0.3, 0.4) is 0 Å². The molecule has 82 valence electrons. The molecule has 0 atom stereocenters. The number of anilines is 1. The van der Waals surface area contributed by atoms with E-state index >= 15 is 0 Å². The lowest BCUT2D eigenvalue weighted by atomic mass is 9.99. The van der Waals surface area contributed by atoms with Crippen LogP contribution in [-0.2, 0) is 0 Å². The average Bonchev–Trinajstić information content (AvgIpc) is 2.39. The number of hydrogen-bond donors (Lipinski definition) is 1. The van der Waals surface area contributed by atoms with Crippen LogP contribution in [0.15, 0.2) is 60.8 Å². The second-order valence-corrected chi connectivity index (χ2v) is 3.96. The lowest BCUT2D eigenvalue weighted by Gasteiger charge is -2.08. The third-order valence-electron chi connectivity index (χ3n) is 2.90. The fourth-order valence-electron chi connectivity index (χ4n) is 2.08. The van der Waals surface area contributed by atoms with E-state index in [0.717, 1.165) is 27.7 Å². The molecule has 2 nitrogen and oxygen atoms in total. The Balaban J connectivity index is 2.35. The summed E-state index contributed by atoms with van der Waals surface area (Å²) < 4.78 is 0. The highest BCUT2D eigenvalue weighted by atomic mass is 14.6. The normalized spacial score (nSPS) is 10.6. The number of aromatic nitrogens is 1. The van der Waals surface area contributed by atoms with E-state index in [1.807, 2.05) is 42.5 Å². The first-order chi connectivity index (χ1) is 8.36. The van der Waals surface area contributed by atoms with Gasteiger partial charge in [-0.15, -0.1) is 0 Å². The summed E-state index contributed by atoms with van der Waals surface area (Å²) in [6, 6.07) is 18.0. The van der Waals surface area contributed by atoms with Gasteiger partial charge in [0.15, 0.2) is 0 Å². The van der Waals surface area contributed by atoms with Gasteiger partial charge in [0.1, 0.15) is 0 Å². The van der Waals surface area contributed by atoms with Gasteiger partial charge < -0.3 is 5.73 Å². The number of rotatable bonds is 1. The number of benzene rings is 2. The Bertz CT molecular complexity index is 669. The van der Waals surface area contributed by atoms with Crippen molar-refractivity contribution in [2.45, 2.75) is 0 Å². The summed E-state index contributed by atoms with van der Waals surface area (Å²) in [5.41, 5.74) is 10.0. The van der Waals surface area contributed by atoms with Gasteiger partial charge in [-0.1, -0.05) is 36.4 Å². The number of nitrogen functional groups attached to an aromatic ring is 1. The fraction of sp³-hybridized carbons (Fsp3) is 0. The molecule has 3 aromatic rings. The number of pyridine rings is 1. The van der Waals surface area contributed by atoms with Crippen molar-refractivity contribution in [3.05, 3.63) is 60.8 Å². The van der Waals surface area contributed by atoms with Crippen LogP contribution in [0.25, 0.3) is 22.0 Å². The standard InChI is InChI=1S/C15H12N2/c16-14-8-2-1-5-12(14)11-6-3-9-15-13(11)7-4-10-17-15/h1-10H,16H2. The first-order valence-electron chi connectivity index (χ1n) is 5.55. The molecule has 0 spiro atoms. The highest BCUT2D eigenvalue weighted by Gasteiger charge is 2.05. The van der Waals surface area contributed by atoms with Crippen LogP contribution in [0.2, 0.25) is 0 Å². The van der Waals surface area contributed by atoms with Crippen LogP contribution in [0, 0.1) is 0 Å². The monoisotopic (exact) mass is 220 g/mol. The van der Waals surface area contributed by atoms with E-state index in [0.29, 0.717) is 0 Å². The van der Waals surface area contributed by atoms with Crippen LogP contribution in [0.4, 0.5) is 5.69 Å². The van der Waals surface area contributed by atoms with E-state index in [1.54, 1.807) is 6.20 Å². The molecule has 0 aliphatic carbocycles. The van der Waals surface area contributed by atoms with Gasteiger partial charge in [-0.25, -0.2) is 0 Å². The van der Waals surface area contributed by atoms with Gasteiger partial charge in [0.25, 0.3) is 0 Å². The largest absolute Gasteiger partial charge is 0.398 e. The smallest absolute Gasteiger partial charge is 0.0708 e. The molecule has 2 N–H and O–H groups in total. The number of nitrogens with two attached hydrogens (primary N) is 1. The van der Waals surface area contributed by atoms with Crippen LogP contribution in [-0.4, -0.2) is 4.98 Å². The summed E-state index contributed by atoms with van der Waals surface area (Å²) in [6.07, 6.45) is 1.81. The van der Waals surface area contributed by atoms with Crippen molar-refractivity contribution in [2.24, 2.45) is 0 Å². The Kier molecular flexibility index (Phi) is 2.26. The van der Waals surface area contributed by atoms with Gasteiger partial charge in [-0.2, -0.15) is 0 Å². The van der Waals surface area contributed by atoms with Crippen molar-refractivity contribution < 1.29 is 0 Å². The Labute approximate surface area is 99.7 Å². The lowest BCUT2D eigenvalue weighted by Crippen LogP contribution is -1.90. The molecule has 0 saturated heterocycles. The van der Waals surface area contributed by atoms with E-state index in [4.69, 9.17) is 5.73 Å². The first-order valence-corrected chi connectivity index (χ1v) is 5.55. The Hall–Kier alpha value is -2.35. The molecule has 0 bridgehead atoms. The third kappa shape index (κ3) is 1.64. The van der Waals surface area contributed by atoms with Crippen molar-refractivity contribution in [3.63, 3.8) is 0 Å². The molecule has 2 heteroatoms. The fourth-order valence-corrected chi connectivity index (χ4v) is 2.08. The quantitative estimate of drug-likeness (QED) is 0.637. The minimum Gasteiger partial charge on any atom is -0.398 e. The van der Waals surface area contributed by atoms with Gasteiger partial charge >= 0.3 is 0 Å². The zero-order valence-electron chi connectivity index (χ0n) is 9.30. The van der Waals surface area contributed by atoms with Gasteiger partial charge in [-0.3, -0.25) is 4.98 Å². The van der Waals surface area contributed by atoms with Gasteiger partial charge in [0.2, 0.25) is 0 Å². The number of hydrogen-bond acceptors (Lipinski definition) is 2. The second kappa shape index (κ2) is 3.91. The third-order valence-corrected chi connectivity index (χ3v) is 2.90.